The Hall–Kier alpha value is -1.11. The summed E-state index contributed by atoms with van der Waals surface area (Å²) < 4.78 is 32.5. The summed E-state index contributed by atoms with van der Waals surface area (Å²) >= 11 is 0. The maximum absolute atomic E-state index is 12.2. The van der Waals surface area contributed by atoms with Crippen LogP contribution in [0.15, 0.2) is 29.2 Å². The van der Waals surface area contributed by atoms with Crippen molar-refractivity contribution < 1.29 is 13.2 Å². The molecule has 0 amide bonds. The van der Waals surface area contributed by atoms with Crippen molar-refractivity contribution in [1.29, 1.82) is 0 Å². The molecule has 1 unspecified atom stereocenters. The van der Waals surface area contributed by atoms with Gasteiger partial charge in [-0.25, -0.2) is 13.1 Å². The van der Waals surface area contributed by atoms with E-state index in [1.165, 1.54) is 0 Å². The largest absolute Gasteiger partial charge is 0.492 e. The van der Waals surface area contributed by atoms with E-state index in [0.717, 1.165) is 13.0 Å². The van der Waals surface area contributed by atoms with Gasteiger partial charge in [0, 0.05) is 13.1 Å². The molecule has 0 aromatic heterocycles. The number of benzene rings is 1. The summed E-state index contributed by atoms with van der Waals surface area (Å²) in [4.78, 5) is 0.280. The normalized spacial score (nSPS) is 20.2. The number of hydrogen-bond donors (Lipinski definition) is 2. The minimum atomic E-state index is -3.43. The maximum atomic E-state index is 12.2. The molecule has 5 nitrogen and oxygen atoms in total. The van der Waals surface area contributed by atoms with Gasteiger partial charge < -0.3 is 10.1 Å². The molecule has 2 N–H and O–H groups in total. The minimum Gasteiger partial charge on any atom is -0.492 e. The molecule has 6 heteroatoms. The number of hydrogen-bond acceptors (Lipinski definition) is 4. The van der Waals surface area contributed by atoms with E-state index in [2.05, 4.69) is 23.9 Å². The fraction of sp³-hybridized carbons (Fsp3) is 0.600. The van der Waals surface area contributed by atoms with Crippen LogP contribution in [0.4, 0.5) is 0 Å². The Morgan fingerprint density at radius 1 is 1.29 bits per heavy atom. The van der Waals surface area contributed by atoms with Crippen LogP contribution in [-0.2, 0) is 10.0 Å². The molecule has 1 aromatic rings. The Kier molecular flexibility index (Phi) is 4.91. The van der Waals surface area contributed by atoms with Crippen LogP contribution >= 0.6 is 0 Å². The molecule has 1 atom stereocenters. The number of rotatable bonds is 8. The van der Waals surface area contributed by atoms with Crippen molar-refractivity contribution in [3.63, 3.8) is 0 Å². The minimum absolute atomic E-state index is 0.271. The van der Waals surface area contributed by atoms with Gasteiger partial charge in [-0.15, -0.1) is 0 Å². The molecule has 0 heterocycles. The van der Waals surface area contributed by atoms with E-state index in [9.17, 15) is 8.42 Å². The molecule has 21 heavy (non-hydrogen) atoms. The number of nitrogens with one attached hydrogen (secondary N) is 2. The van der Waals surface area contributed by atoms with Gasteiger partial charge in [0.2, 0.25) is 10.0 Å². The van der Waals surface area contributed by atoms with Crippen molar-refractivity contribution >= 4 is 10.0 Å². The van der Waals surface area contributed by atoms with Gasteiger partial charge in [-0.3, -0.25) is 0 Å². The zero-order valence-electron chi connectivity index (χ0n) is 12.8. The molecule has 0 saturated heterocycles. The summed E-state index contributed by atoms with van der Waals surface area (Å²) in [6.07, 6.45) is 1.08. The molecule has 2 rings (SSSR count). The van der Waals surface area contributed by atoms with Gasteiger partial charge in [0.25, 0.3) is 0 Å². The van der Waals surface area contributed by atoms with Crippen molar-refractivity contribution in [2.75, 3.05) is 26.7 Å². The van der Waals surface area contributed by atoms with Crippen LogP contribution < -0.4 is 14.8 Å². The zero-order chi connectivity index (χ0) is 15.5. The van der Waals surface area contributed by atoms with Crippen LogP contribution in [0.5, 0.6) is 5.75 Å². The van der Waals surface area contributed by atoms with Gasteiger partial charge in [-0.05, 0) is 49.1 Å². The molecule has 1 aliphatic carbocycles. The Morgan fingerprint density at radius 3 is 2.43 bits per heavy atom. The lowest BCUT2D eigenvalue weighted by atomic mass is 10.1. The van der Waals surface area contributed by atoms with Gasteiger partial charge in [0.15, 0.2) is 0 Å². The Balaban J connectivity index is 1.90. The van der Waals surface area contributed by atoms with Crippen molar-refractivity contribution in [3.8, 4) is 5.75 Å². The van der Waals surface area contributed by atoms with Crippen LogP contribution in [0.2, 0.25) is 0 Å². The molecule has 0 spiro atoms. The summed E-state index contributed by atoms with van der Waals surface area (Å²) in [5.41, 5.74) is 0.271. The summed E-state index contributed by atoms with van der Waals surface area (Å²) in [6, 6.07) is 6.53. The third-order valence-electron chi connectivity index (χ3n) is 3.99. The predicted molar refractivity (Wildman–Crippen MR) is 82.9 cm³/mol. The molecule has 1 saturated carbocycles. The van der Waals surface area contributed by atoms with Crippen LogP contribution in [0, 0.1) is 11.3 Å². The summed E-state index contributed by atoms with van der Waals surface area (Å²) in [6.45, 7) is 6.12. The first-order valence-corrected chi connectivity index (χ1v) is 8.70. The molecular formula is C15H24N2O3S. The standard InChI is InChI=1S/C15H24N2O3S/c1-15(2)10-12(15)11-17-21(18,19)14-6-4-13(5-7-14)20-9-8-16-3/h4-7,12,16-17H,8-11H2,1-3H3. The smallest absolute Gasteiger partial charge is 0.240 e. The third kappa shape index (κ3) is 4.43. The summed E-state index contributed by atoms with van der Waals surface area (Å²) in [5.74, 6) is 1.11. The highest BCUT2D eigenvalue weighted by Gasteiger charge is 2.45. The summed E-state index contributed by atoms with van der Waals surface area (Å²) in [5, 5.41) is 2.98. The molecule has 1 fully saturated rings. The molecule has 0 aliphatic heterocycles. The SMILES string of the molecule is CNCCOc1ccc(S(=O)(=O)NCC2CC2(C)C)cc1. The van der Waals surface area contributed by atoms with E-state index < -0.39 is 10.0 Å². The Labute approximate surface area is 127 Å². The number of ether oxygens (including phenoxy) is 1. The maximum Gasteiger partial charge on any atom is 0.240 e. The van der Waals surface area contributed by atoms with Crippen LogP contribution in [0.25, 0.3) is 0 Å². The van der Waals surface area contributed by atoms with Gasteiger partial charge in [0.1, 0.15) is 12.4 Å². The monoisotopic (exact) mass is 312 g/mol. The summed E-state index contributed by atoms with van der Waals surface area (Å²) in [7, 11) is -1.57. The fourth-order valence-corrected chi connectivity index (χ4v) is 3.29. The topological polar surface area (TPSA) is 67.4 Å². The highest BCUT2D eigenvalue weighted by molar-refractivity contribution is 7.89. The second-order valence-electron chi connectivity index (χ2n) is 6.16. The van der Waals surface area contributed by atoms with Gasteiger partial charge in [0.05, 0.1) is 4.90 Å². The lowest BCUT2D eigenvalue weighted by Crippen LogP contribution is -2.26. The molecule has 0 radical (unpaired) electrons. The molecule has 0 bridgehead atoms. The lowest BCUT2D eigenvalue weighted by molar-refractivity contribution is 0.318. The second-order valence-corrected chi connectivity index (χ2v) is 7.93. The molecule has 118 valence electrons. The molecule has 1 aromatic carbocycles. The number of likely N-dealkylation sites (N-methyl/N-ethyl adjacent to an activating group) is 1. The van der Waals surface area contributed by atoms with Crippen molar-refractivity contribution in [1.82, 2.24) is 10.0 Å². The highest BCUT2D eigenvalue weighted by atomic mass is 32.2. The third-order valence-corrected chi connectivity index (χ3v) is 5.43. The highest BCUT2D eigenvalue weighted by Crippen LogP contribution is 2.51. The van der Waals surface area contributed by atoms with Crippen molar-refractivity contribution in [2.45, 2.75) is 25.2 Å². The second kappa shape index (κ2) is 6.34. The first-order chi connectivity index (χ1) is 9.85. The predicted octanol–water partition coefficient (Wildman–Crippen LogP) is 1.61. The molecule has 1 aliphatic rings. The van der Waals surface area contributed by atoms with Gasteiger partial charge >= 0.3 is 0 Å². The lowest BCUT2D eigenvalue weighted by Gasteiger charge is -2.09. The van der Waals surface area contributed by atoms with E-state index in [4.69, 9.17) is 4.74 Å². The van der Waals surface area contributed by atoms with E-state index in [1.807, 2.05) is 7.05 Å². The average molecular weight is 312 g/mol. The molecular weight excluding hydrogens is 288 g/mol. The Morgan fingerprint density at radius 2 is 1.90 bits per heavy atom. The van der Waals surface area contributed by atoms with Gasteiger partial charge in [-0.2, -0.15) is 0 Å². The van der Waals surface area contributed by atoms with E-state index in [0.29, 0.717) is 24.8 Å². The van der Waals surface area contributed by atoms with E-state index in [1.54, 1.807) is 24.3 Å². The number of sulfonamides is 1. The quantitative estimate of drug-likeness (QED) is 0.716. The average Bonchev–Trinajstić information content (AvgIpc) is 3.05. The van der Waals surface area contributed by atoms with Crippen LogP contribution in [-0.4, -0.2) is 35.2 Å². The van der Waals surface area contributed by atoms with Gasteiger partial charge in [-0.1, -0.05) is 13.8 Å². The first kappa shape index (κ1) is 16.3. The first-order valence-electron chi connectivity index (χ1n) is 7.22. The Bertz CT molecular complexity index is 567. The van der Waals surface area contributed by atoms with Crippen LogP contribution in [0.1, 0.15) is 20.3 Å². The van der Waals surface area contributed by atoms with E-state index >= 15 is 0 Å². The van der Waals surface area contributed by atoms with Crippen molar-refractivity contribution in [3.05, 3.63) is 24.3 Å². The van der Waals surface area contributed by atoms with E-state index in [-0.39, 0.29) is 10.3 Å². The fourth-order valence-electron chi connectivity index (χ4n) is 2.20. The van der Waals surface area contributed by atoms with Crippen LogP contribution in [0.3, 0.4) is 0 Å². The zero-order valence-corrected chi connectivity index (χ0v) is 13.7. The van der Waals surface area contributed by atoms with Crippen molar-refractivity contribution in [2.24, 2.45) is 11.3 Å².